The van der Waals surface area contributed by atoms with Crippen LogP contribution in [0.15, 0.2) is 60.3 Å². The normalized spacial score (nSPS) is 11.3. The minimum atomic E-state index is -4.44. The van der Waals surface area contributed by atoms with E-state index in [9.17, 15) is 22.8 Å². The number of hydrogen-bond acceptors (Lipinski definition) is 4. The fourth-order valence-corrected chi connectivity index (χ4v) is 2.10. The summed E-state index contributed by atoms with van der Waals surface area (Å²) in [5, 5.41) is 16.8. The lowest BCUT2D eigenvalue weighted by Gasteiger charge is -2.08. The number of nitriles is 1. The van der Waals surface area contributed by atoms with Crippen molar-refractivity contribution in [1.29, 1.82) is 5.26 Å². The highest BCUT2D eigenvalue weighted by atomic mass is 19.4. The number of nitrogens with one attached hydrogen (secondary N) is 3. The lowest BCUT2D eigenvalue weighted by atomic mass is 10.2. The van der Waals surface area contributed by atoms with Crippen LogP contribution in [0.4, 0.5) is 30.2 Å². The van der Waals surface area contributed by atoms with E-state index in [2.05, 4.69) is 16.0 Å². The molecule has 0 unspecified atom stereocenters. The predicted molar refractivity (Wildman–Crippen MR) is 98.1 cm³/mol. The lowest BCUT2D eigenvalue weighted by molar-refractivity contribution is -0.137. The van der Waals surface area contributed by atoms with Gasteiger partial charge in [0.1, 0.15) is 11.6 Å². The third-order valence-corrected chi connectivity index (χ3v) is 3.42. The van der Waals surface area contributed by atoms with Crippen LogP contribution in [0.1, 0.15) is 12.5 Å². The van der Waals surface area contributed by atoms with Gasteiger partial charge in [0, 0.05) is 30.2 Å². The number of benzene rings is 2. The summed E-state index contributed by atoms with van der Waals surface area (Å²) in [5.74, 6) is -0.935. The van der Waals surface area contributed by atoms with E-state index >= 15 is 0 Å². The number of amides is 2. The van der Waals surface area contributed by atoms with Crippen LogP contribution in [0.3, 0.4) is 0 Å². The van der Waals surface area contributed by atoms with E-state index < -0.39 is 17.6 Å². The summed E-state index contributed by atoms with van der Waals surface area (Å²) >= 11 is 0. The average molecular weight is 388 g/mol. The zero-order valence-corrected chi connectivity index (χ0v) is 14.6. The van der Waals surface area contributed by atoms with Gasteiger partial charge < -0.3 is 16.0 Å². The van der Waals surface area contributed by atoms with Crippen LogP contribution >= 0.6 is 0 Å². The molecule has 0 aromatic heterocycles. The molecule has 2 aromatic carbocycles. The third-order valence-electron chi connectivity index (χ3n) is 3.42. The van der Waals surface area contributed by atoms with Crippen molar-refractivity contribution in [2.45, 2.75) is 13.1 Å². The molecule has 0 saturated carbocycles. The molecule has 9 heteroatoms. The highest BCUT2D eigenvalue weighted by Gasteiger charge is 2.29. The highest BCUT2D eigenvalue weighted by Crippen LogP contribution is 2.29. The second-order valence-electron chi connectivity index (χ2n) is 5.60. The summed E-state index contributed by atoms with van der Waals surface area (Å²) in [7, 11) is 0. The van der Waals surface area contributed by atoms with Crippen molar-refractivity contribution in [2.24, 2.45) is 0 Å². The average Bonchev–Trinajstić information content (AvgIpc) is 2.63. The van der Waals surface area contributed by atoms with Gasteiger partial charge in [-0.2, -0.15) is 18.4 Å². The summed E-state index contributed by atoms with van der Waals surface area (Å²) in [6, 6.07) is 12.1. The van der Waals surface area contributed by atoms with Gasteiger partial charge in [-0.25, -0.2) is 0 Å². The van der Waals surface area contributed by atoms with Crippen molar-refractivity contribution in [2.75, 3.05) is 16.0 Å². The first-order chi connectivity index (χ1) is 13.2. The molecule has 144 valence electrons. The van der Waals surface area contributed by atoms with Crippen molar-refractivity contribution in [3.8, 4) is 6.07 Å². The van der Waals surface area contributed by atoms with Gasteiger partial charge in [-0.1, -0.05) is 0 Å². The number of rotatable bonds is 5. The summed E-state index contributed by atoms with van der Waals surface area (Å²) in [5.41, 5.74) is 0.155. The molecule has 0 radical (unpaired) electrons. The number of alkyl halides is 3. The van der Waals surface area contributed by atoms with Crippen LogP contribution in [0.5, 0.6) is 0 Å². The maximum Gasteiger partial charge on any atom is 0.416 e. The first-order valence-electron chi connectivity index (χ1n) is 7.92. The Morgan fingerprint density at radius 3 is 1.89 bits per heavy atom. The van der Waals surface area contributed by atoms with Crippen LogP contribution in [-0.2, 0) is 15.8 Å². The Hall–Kier alpha value is -3.80. The van der Waals surface area contributed by atoms with Crippen molar-refractivity contribution in [3.05, 3.63) is 65.9 Å². The van der Waals surface area contributed by atoms with Gasteiger partial charge in [-0.3, -0.25) is 9.59 Å². The maximum atomic E-state index is 12.5. The van der Waals surface area contributed by atoms with Gasteiger partial charge >= 0.3 is 6.18 Å². The largest absolute Gasteiger partial charge is 0.416 e. The molecule has 0 bridgehead atoms. The summed E-state index contributed by atoms with van der Waals surface area (Å²) in [6.45, 7) is 1.36. The van der Waals surface area contributed by atoms with E-state index in [4.69, 9.17) is 5.26 Å². The topological polar surface area (TPSA) is 94.0 Å². The van der Waals surface area contributed by atoms with Crippen LogP contribution in [0.2, 0.25) is 0 Å². The minimum absolute atomic E-state index is 0.235. The fourth-order valence-electron chi connectivity index (χ4n) is 2.10. The molecule has 2 amide bonds. The van der Waals surface area contributed by atoms with Gasteiger partial charge in [-0.15, -0.1) is 0 Å². The Kier molecular flexibility index (Phi) is 6.39. The van der Waals surface area contributed by atoms with Crippen molar-refractivity contribution < 1.29 is 22.8 Å². The van der Waals surface area contributed by atoms with E-state index in [0.29, 0.717) is 11.4 Å². The van der Waals surface area contributed by atoms with Gasteiger partial charge in [-0.05, 0) is 48.5 Å². The zero-order valence-electron chi connectivity index (χ0n) is 14.6. The van der Waals surface area contributed by atoms with Crippen molar-refractivity contribution >= 4 is 28.9 Å². The number of carbonyl (C=O) groups is 2. The van der Waals surface area contributed by atoms with E-state index in [0.717, 1.165) is 18.3 Å². The molecule has 0 aliphatic carbocycles. The SMILES string of the molecule is CC(=O)Nc1ccc(NC(=O)/C(C#N)=C\Nc2ccc(C(F)(F)F)cc2)cc1. The second-order valence-corrected chi connectivity index (χ2v) is 5.60. The van der Waals surface area contributed by atoms with E-state index in [1.807, 2.05) is 0 Å². The molecule has 0 fully saturated rings. The second kappa shape index (κ2) is 8.73. The van der Waals surface area contributed by atoms with Crippen LogP contribution in [0.25, 0.3) is 0 Å². The first kappa shape index (κ1) is 20.5. The molecule has 2 aromatic rings. The molecule has 0 aliphatic heterocycles. The lowest BCUT2D eigenvalue weighted by Crippen LogP contribution is -2.14. The first-order valence-corrected chi connectivity index (χ1v) is 7.92. The van der Waals surface area contributed by atoms with E-state index in [1.165, 1.54) is 19.1 Å². The quantitative estimate of drug-likeness (QED) is 0.530. The predicted octanol–water partition coefficient (Wildman–Crippen LogP) is 4.12. The number of anilines is 3. The molecule has 0 saturated heterocycles. The number of halogens is 3. The summed E-state index contributed by atoms with van der Waals surface area (Å²) in [4.78, 5) is 23.1. The number of carbonyl (C=O) groups excluding carboxylic acids is 2. The molecule has 0 spiro atoms. The molecule has 3 N–H and O–H groups in total. The van der Waals surface area contributed by atoms with Crippen LogP contribution in [-0.4, -0.2) is 11.8 Å². The van der Waals surface area contributed by atoms with Gasteiger partial charge in [0.15, 0.2) is 0 Å². The monoisotopic (exact) mass is 388 g/mol. The van der Waals surface area contributed by atoms with E-state index in [-0.39, 0.29) is 17.2 Å². The molecule has 0 aliphatic rings. The van der Waals surface area contributed by atoms with Crippen LogP contribution in [0, 0.1) is 11.3 Å². The number of hydrogen-bond donors (Lipinski definition) is 3. The van der Waals surface area contributed by atoms with Crippen molar-refractivity contribution in [1.82, 2.24) is 0 Å². The molecular formula is C19H15F3N4O2. The Balaban J connectivity index is 2.02. The summed E-state index contributed by atoms with van der Waals surface area (Å²) in [6.07, 6.45) is -3.34. The standard InChI is InChI=1S/C19H15F3N4O2/c1-12(27)25-16-6-8-17(9-7-16)26-18(28)13(10-23)11-24-15-4-2-14(3-5-15)19(20,21)22/h2-9,11,24H,1H3,(H,25,27)(H,26,28)/b13-11-. The Morgan fingerprint density at radius 2 is 1.43 bits per heavy atom. The van der Waals surface area contributed by atoms with Crippen molar-refractivity contribution in [3.63, 3.8) is 0 Å². The Morgan fingerprint density at radius 1 is 0.929 bits per heavy atom. The maximum absolute atomic E-state index is 12.5. The molecule has 2 rings (SSSR count). The summed E-state index contributed by atoms with van der Waals surface area (Å²) < 4.78 is 37.6. The third kappa shape index (κ3) is 5.88. The smallest absolute Gasteiger partial charge is 0.360 e. The Bertz CT molecular complexity index is 928. The molecule has 0 heterocycles. The minimum Gasteiger partial charge on any atom is -0.360 e. The fraction of sp³-hybridized carbons (Fsp3) is 0.105. The van der Waals surface area contributed by atoms with E-state index in [1.54, 1.807) is 30.3 Å². The highest BCUT2D eigenvalue weighted by molar-refractivity contribution is 6.06. The van der Waals surface area contributed by atoms with Gasteiger partial charge in [0.05, 0.1) is 5.56 Å². The van der Waals surface area contributed by atoms with Gasteiger partial charge in [0.2, 0.25) is 5.91 Å². The number of nitrogens with zero attached hydrogens (tertiary/aromatic N) is 1. The zero-order chi connectivity index (χ0) is 20.7. The molecular weight excluding hydrogens is 373 g/mol. The molecule has 28 heavy (non-hydrogen) atoms. The molecule has 0 atom stereocenters. The molecule has 6 nitrogen and oxygen atoms in total. The Labute approximate surface area is 158 Å². The van der Waals surface area contributed by atoms with Gasteiger partial charge in [0.25, 0.3) is 5.91 Å². The van der Waals surface area contributed by atoms with Crippen LogP contribution < -0.4 is 16.0 Å².